The molecule has 0 heterocycles. The fourth-order valence-electron chi connectivity index (χ4n) is 1.27. The quantitative estimate of drug-likeness (QED) is 0.831. The first-order chi connectivity index (χ1) is 7.00. The minimum Gasteiger partial charge on any atom is -0.493 e. The van der Waals surface area contributed by atoms with Crippen molar-refractivity contribution in [3.8, 4) is 5.75 Å². The Hall–Kier alpha value is -1.09. The molecule has 84 valence electrons. The van der Waals surface area contributed by atoms with Gasteiger partial charge in [-0.15, -0.1) is 0 Å². The third kappa shape index (κ3) is 3.51. The van der Waals surface area contributed by atoms with E-state index in [1.54, 1.807) is 6.07 Å². The summed E-state index contributed by atoms with van der Waals surface area (Å²) in [6.45, 7) is 6.52. The summed E-state index contributed by atoms with van der Waals surface area (Å²) in [6.07, 6.45) is 0. The van der Waals surface area contributed by atoms with E-state index in [0.717, 1.165) is 5.56 Å². The van der Waals surface area contributed by atoms with E-state index in [4.69, 9.17) is 10.5 Å². The highest BCUT2D eigenvalue weighted by Gasteiger charge is 2.09. The highest BCUT2D eigenvalue weighted by molar-refractivity contribution is 5.36. The zero-order valence-electron chi connectivity index (χ0n) is 9.46. The van der Waals surface area contributed by atoms with Crippen molar-refractivity contribution in [2.75, 3.05) is 6.61 Å². The molecule has 2 N–H and O–H groups in total. The molecule has 0 radical (unpaired) electrons. The summed E-state index contributed by atoms with van der Waals surface area (Å²) in [5, 5.41) is 0. The van der Waals surface area contributed by atoms with Gasteiger partial charge in [0.05, 0.1) is 6.61 Å². The molecule has 1 aromatic carbocycles. The third-order valence-corrected chi connectivity index (χ3v) is 2.04. The van der Waals surface area contributed by atoms with Gasteiger partial charge in [-0.25, -0.2) is 4.39 Å². The highest BCUT2D eigenvalue weighted by Crippen LogP contribution is 2.25. The summed E-state index contributed by atoms with van der Waals surface area (Å²) in [6, 6.07) is 4.32. The average Bonchev–Trinajstić information content (AvgIpc) is 2.14. The van der Waals surface area contributed by atoms with Crippen LogP contribution in [0.25, 0.3) is 0 Å². The van der Waals surface area contributed by atoms with E-state index in [9.17, 15) is 4.39 Å². The van der Waals surface area contributed by atoms with Crippen molar-refractivity contribution in [1.29, 1.82) is 0 Å². The van der Waals surface area contributed by atoms with Gasteiger partial charge in [-0.2, -0.15) is 0 Å². The largest absolute Gasteiger partial charge is 0.493 e. The number of hydrogen-bond donors (Lipinski definition) is 1. The van der Waals surface area contributed by atoms with Gasteiger partial charge in [-0.3, -0.25) is 0 Å². The smallest absolute Gasteiger partial charge is 0.126 e. The Labute approximate surface area is 90.2 Å². The molecule has 1 aromatic rings. The first kappa shape index (κ1) is 12.0. The van der Waals surface area contributed by atoms with Crippen LogP contribution in [0.1, 0.15) is 32.4 Å². The Balaban J connectivity index is 2.87. The van der Waals surface area contributed by atoms with Crippen LogP contribution in [-0.4, -0.2) is 6.61 Å². The van der Waals surface area contributed by atoms with Gasteiger partial charge in [0, 0.05) is 17.7 Å². The van der Waals surface area contributed by atoms with E-state index in [1.807, 2.05) is 20.8 Å². The van der Waals surface area contributed by atoms with Crippen molar-refractivity contribution < 1.29 is 9.13 Å². The van der Waals surface area contributed by atoms with Crippen LogP contribution in [-0.2, 0) is 0 Å². The van der Waals surface area contributed by atoms with Crippen LogP contribution in [0.4, 0.5) is 4.39 Å². The molecule has 0 saturated heterocycles. The molecule has 0 amide bonds. The van der Waals surface area contributed by atoms with Gasteiger partial charge in [0.2, 0.25) is 0 Å². The average molecular weight is 211 g/mol. The number of hydrogen-bond acceptors (Lipinski definition) is 2. The van der Waals surface area contributed by atoms with Crippen LogP contribution in [0.3, 0.4) is 0 Å². The number of halogens is 1. The number of rotatable bonds is 4. The zero-order valence-corrected chi connectivity index (χ0v) is 9.46. The van der Waals surface area contributed by atoms with E-state index in [0.29, 0.717) is 18.3 Å². The number of ether oxygens (including phenoxy) is 1. The summed E-state index contributed by atoms with van der Waals surface area (Å²) in [5.74, 6) is 0.672. The molecule has 1 atom stereocenters. The molecule has 0 bridgehead atoms. The van der Waals surface area contributed by atoms with Crippen molar-refractivity contribution in [3.63, 3.8) is 0 Å². The van der Waals surface area contributed by atoms with Crippen molar-refractivity contribution >= 4 is 0 Å². The van der Waals surface area contributed by atoms with Crippen molar-refractivity contribution in [2.24, 2.45) is 11.7 Å². The molecule has 0 unspecified atom stereocenters. The molecular formula is C12H18FNO. The maximum absolute atomic E-state index is 13.0. The minimum atomic E-state index is -0.293. The van der Waals surface area contributed by atoms with E-state index < -0.39 is 0 Å². The molecule has 0 aliphatic rings. The number of nitrogens with two attached hydrogens (primary N) is 1. The SMILES string of the molecule is CC(C)COc1cc(F)ccc1[C@@H](C)N. The Morgan fingerprint density at radius 2 is 2.00 bits per heavy atom. The normalized spacial score (nSPS) is 12.9. The summed E-state index contributed by atoms with van der Waals surface area (Å²) in [5.41, 5.74) is 6.61. The lowest BCUT2D eigenvalue weighted by atomic mass is 10.1. The Kier molecular flexibility index (Phi) is 4.09. The lowest BCUT2D eigenvalue weighted by Gasteiger charge is -2.15. The Morgan fingerprint density at radius 3 is 2.53 bits per heavy atom. The summed E-state index contributed by atoms with van der Waals surface area (Å²) >= 11 is 0. The van der Waals surface area contributed by atoms with Crippen LogP contribution in [0.5, 0.6) is 5.75 Å². The predicted molar refractivity (Wildman–Crippen MR) is 59.3 cm³/mol. The van der Waals surface area contributed by atoms with E-state index in [-0.39, 0.29) is 11.9 Å². The highest BCUT2D eigenvalue weighted by atomic mass is 19.1. The van der Waals surface area contributed by atoms with Crippen LogP contribution in [0.2, 0.25) is 0 Å². The van der Waals surface area contributed by atoms with Crippen LogP contribution in [0.15, 0.2) is 18.2 Å². The first-order valence-electron chi connectivity index (χ1n) is 5.18. The molecule has 2 nitrogen and oxygen atoms in total. The summed E-state index contributed by atoms with van der Waals surface area (Å²) in [7, 11) is 0. The van der Waals surface area contributed by atoms with Gasteiger partial charge >= 0.3 is 0 Å². The van der Waals surface area contributed by atoms with Crippen molar-refractivity contribution in [3.05, 3.63) is 29.6 Å². The topological polar surface area (TPSA) is 35.2 Å². The van der Waals surface area contributed by atoms with Gasteiger partial charge in [0.25, 0.3) is 0 Å². The number of benzene rings is 1. The summed E-state index contributed by atoms with van der Waals surface area (Å²) in [4.78, 5) is 0. The van der Waals surface area contributed by atoms with E-state index in [1.165, 1.54) is 12.1 Å². The molecule has 1 rings (SSSR count). The molecule has 0 aromatic heterocycles. The van der Waals surface area contributed by atoms with Gasteiger partial charge < -0.3 is 10.5 Å². The molecule has 0 saturated carbocycles. The van der Waals surface area contributed by atoms with Crippen LogP contribution >= 0.6 is 0 Å². The third-order valence-electron chi connectivity index (χ3n) is 2.04. The van der Waals surface area contributed by atoms with Crippen molar-refractivity contribution in [1.82, 2.24) is 0 Å². The molecule has 3 heteroatoms. The molecule has 0 aliphatic heterocycles. The van der Waals surface area contributed by atoms with Gasteiger partial charge in [0.1, 0.15) is 11.6 Å². The van der Waals surface area contributed by atoms with Crippen LogP contribution < -0.4 is 10.5 Å². The second-order valence-corrected chi connectivity index (χ2v) is 4.18. The zero-order chi connectivity index (χ0) is 11.4. The lowest BCUT2D eigenvalue weighted by Crippen LogP contribution is -2.11. The fraction of sp³-hybridized carbons (Fsp3) is 0.500. The minimum absolute atomic E-state index is 0.146. The predicted octanol–water partition coefficient (Wildman–Crippen LogP) is 2.88. The first-order valence-corrected chi connectivity index (χ1v) is 5.18. The Bertz CT molecular complexity index is 323. The van der Waals surface area contributed by atoms with Crippen molar-refractivity contribution in [2.45, 2.75) is 26.8 Å². The van der Waals surface area contributed by atoms with Gasteiger partial charge in [0.15, 0.2) is 0 Å². The van der Waals surface area contributed by atoms with Crippen LogP contribution in [0, 0.1) is 11.7 Å². The maximum Gasteiger partial charge on any atom is 0.126 e. The molecular weight excluding hydrogens is 193 g/mol. The Morgan fingerprint density at radius 1 is 1.33 bits per heavy atom. The van der Waals surface area contributed by atoms with E-state index in [2.05, 4.69) is 0 Å². The second-order valence-electron chi connectivity index (χ2n) is 4.18. The summed E-state index contributed by atoms with van der Waals surface area (Å²) < 4.78 is 18.5. The fourth-order valence-corrected chi connectivity index (χ4v) is 1.27. The standard InChI is InChI=1S/C12H18FNO/c1-8(2)7-15-12-6-10(13)4-5-11(12)9(3)14/h4-6,8-9H,7,14H2,1-3H3/t9-/m1/s1. The molecule has 0 aliphatic carbocycles. The molecule has 0 fully saturated rings. The molecule has 0 spiro atoms. The monoisotopic (exact) mass is 211 g/mol. The molecule has 15 heavy (non-hydrogen) atoms. The lowest BCUT2D eigenvalue weighted by molar-refractivity contribution is 0.266. The second kappa shape index (κ2) is 5.12. The van der Waals surface area contributed by atoms with Gasteiger partial charge in [-0.1, -0.05) is 19.9 Å². The maximum atomic E-state index is 13.0. The van der Waals surface area contributed by atoms with E-state index >= 15 is 0 Å². The van der Waals surface area contributed by atoms with Gasteiger partial charge in [-0.05, 0) is 18.9 Å².